The quantitative estimate of drug-likeness (QED) is 0.0268. The zero-order valence-electron chi connectivity index (χ0n) is 76.2. The van der Waals surface area contributed by atoms with Crippen LogP contribution >= 0.6 is 0 Å². The van der Waals surface area contributed by atoms with Crippen LogP contribution in [-0.2, 0) is 121 Å². The van der Waals surface area contributed by atoms with Crippen molar-refractivity contribution in [1.29, 1.82) is 0 Å². The van der Waals surface area contributed by atoms with Crippen molar-refractivity contribution in [2.45, 2.75) is 202 Å². The van der Waals surface area contributed by atoms with Crippen LogP contribution in [0.5, 0.6) is 0 Å². The minimum atomic E-state index is -0.585. The van der Waals surface area contributed by atoms with Crippen LogP contribution in [0.1, 0.15) is 197 Å². The van der Waals surface area contributed by atoms with Crippen molar-refractivity contribution in [2.24, 2.45) is 47.3 Å². The number of carbonyl (C=O) groups is 12. The summed E-state index contributed by atoms with van der Waals surface area (Å²) in [5.74, 6) is -5.95. The fraction of sp³-hybridized carbons (Fsp3) is 0.538. The van der Waals surface area contributed by atoms with E-state index in [1.807, 2.05) is 48.5 Å². The average Bonchev–Trinajstić information content (AvgIpc) is 1.62. The third-order valence-corrected chi connectivity index (χ3v) is 29.5. The molecule has 132 heavy (non-hydrogen) atoms. The monoisotopic (exact) mass is 1810 g/mol. The first-order valence-corrected chi connectivity index (χ1v) is 47.4. The highest BCUT2D eigenvalue weighted by atomic mass is 19.1. The van der Waals surface area contributed by atoms with Crippen molar-refractivity contribution in [2.75, 3.05) is 117 Å². The van der Waals surface area contributed by atoms with E-state index in [4.69, 9.17) is 37.9 Å². The fourth-order valence-electron chi connectivity index (χ4n) is 22.3. The Morgan fingerprint density at radius 2 is 0.508 bits per heavy atom. The van der Waals surface area contributed by atoms with E-state index in [0.717, 1.165) is 107 Å². The SMILES string of the molecule is COC(=O)CC(C(=O)N1CCC[C@H]1C(=O)Cc1ccc([C@@H]2CC[C@@H](c3ccc(CC(=O)[C@@H]4CCCN4C(=O)C(CC(=O)OC)[C@H]4CCOC4)cc3)N2c2ccc(F)cc2)cc1)[C@H]1CCOC1.COC(=O)CC(C(=O)N1CCC[C@H]1C(=O)Cc1ccc([C@H]2CC[C@H](c3ccc(CC(=O)[C@@H]4CCCN4C(=O)C(CC(=O)OC)[C@H]4CCOC4)cc3)N2c2ccc(F)cc2)cc1)[C@H]1CCOC1. The molecule has 0 aromatic heterocycles. The van der Waals surface area contributed by atoms with Gasteiger partial charge in [-0.15, -0.1) is 0 Å². The molecule has 10 aliphatic rings. The molecule has 10 aliphatic heterocycles. The molecule has 28 heteroatoms. The number of rotatable bonds is 34. The molecule has 0 radical (unpaired) electrons. The third kappa shape index (κ3) is 22.6. The van der Waals surface area contributed by atoms with Crippen LogP contribution in [0.2, 0.25) is 0 Å². The molecule has 4 amide bonds. The highest BCUT2D eigenvalue weighted by molar-refractivity contribution is 5.96. The molecule has 0 spiro atoms. The molecule has 16 atom stereocenters. The summed E-state index contributed by atoms with van der Waals surface area (Å²) in [6, 6.07) is 43.0. The van der Waals surface area contributed by atoms with E-state index in [9.17, 15) is 66.3 Å². The number of Topliss-reactive ketones (excluding diaryl/α,β-unsaturated/α-hetero) is 4. The minimum Gasteiger partial charge on any atom is -0.469 e. The van der Waals surface area contributed by atoms with E-state index < -0.39 is 71.7 Å². The van der Waals surface area contributed by atoms with Gasteiger partial charge in [-0.05, 0) is 219 Å². The van der Waals surface area contributed by atoms with Crippen LogP contribution < -0.4 is 9.80 Å². The molecule has 10 heterocycles. The van der Waals surface area contributed by atoms with Gasteiger partial charge in [-0.1, -0.05) is 97.1 Å². The van der Waals surface area contributed by atoms with Crippen LogP contribution in [-0.4, -0.2) is 222 Å². The number of carbonyl (C=O) groups excluding carboxylic acids is 12. The van der Waals surface area contributed by atoms with Crippen molar-refractivity contribution in [3.8, 4) is 0 Å². The Bertz CT molecular complexity index is 4460. The summed E-state index contributed by atoms with van der Waals surface area (Å²) in [5.41, 5.74) is 9.40. The Balaban J connectivity index is 0.000000202. The number of esters is 4. The predicted molar refractivity (Wildman–Crippen MR) is 483 cm³/mol. The lowest BCUT2D eigenvalue weighted by Crippen LogP contribution is -2.46. The largest absolute Gasteiger partial charge is 0.469 e. The standard InChI is InChI=1S/2C52H62FN3O10/c2*1-63-49(59)29-41(37-21-25-65-31-37)51(61)54-23-3-5-45(54)47(57)27-33-7-11-35(12-8-33)43-19-20-44(56(43)40-17-15-39(53)16-18-40)36-13-9-34(10-14-36)28-48(58)46-6-4-24-55(46)52(62)42(30-50(60)64-2)38-22-26-66-32-38/h2*7-18,37-38,41-46H,3-6,19-32H2,1-2H3/t37-,38-,41?,42?,43+,44+,45-,46-;37-,38-,41?,42?,43-,44-,45-,46-/m00/s1. The first-order chi connectivity index (χ1) is 64.0. The molecule has 10 saturated heterocycles. The molecule has 6 aromatic carbocycles. The minimum absolute atomic E-state index is 0.0275. The average molecular weight is 1820 g/mol. The molecule has 0 N–H and O–H groups in total. The molecule has 0 saturated carbocycles. The maximum absolute atomic E-state index is 14.3. The Kier molecular flexibility index (Phi) is 32.4. The van der Waals surface area contributed by atoms with Crippen LogP contribution in [0.4, 0.5) is 20.2 Å². The van der Waals surface area contributed by atoms with E-state index in [2.05, 4.69) is 58.3 Å². The molecular weight excluding hydrogens is 1690 g/mol. The van der Waals surface area contributed by atoms with Crippen LogP contribution in [0, 0.1) is 59.0 Å². The number of methoxy groups -OCH3 is 4. The fourth-order valence-corrected chi connectivity index (χ4v) is 22.3. The van der Waals surface area contributed by atoms with Crippen molar-refractivity contribution in [3.63, 3.8) is 0 Å². The second kappa shape index (κ2) is 44.7. The lowest BCUT2D eigenvalue weighted by Gasteiger charge is -2.33. The molecule has 0 bridgehead atoms. The van der Waals surface area contributed by atoms with Gasteiger partial charge in [0.1, 0.15) is 11.6 Å². The smallest absolute Gasteiger partial charge is 0.306 e. The van der Waals surface area contributed by atoms with Gasteiger partial charge >= 0.3 is 23.9 Å². The summed E-state index contributed by atoms with van der Waals surface area (Å²) in [7, 11) is 5.27. The summed E-state index contributed by atoms with van der Waals surface area (Å²) < 4.78 is 70.4. The molecule has 26 nitrogen and oxygen atoms in total. The lowest BCUT2D eigenvalue weighted by molar-refractivity contribution is -0.149. The van der Waals surface area contributed by atoms with Gasteiger partial charge < -0.3 is 67.3 Å². The summed E-state index contributed by atoms with van der Waals surface area (Å²) in [5, 5.41) is 0. The number of anilines is 2. The summed E-state index contributed by atoms with van der Waals surface area (Å²) >= 11 is 0. The van der Waals surface area contributed by atoms with Gasteiger partial charge in [-0.3, -0.25) is 57.5 Å². The van der Waals surface area contributed by atoms with Gasteiger partial charge in [0.25, 0.3) is 0 Å². The van der Waals surface area contributed by atoms with E-state index in [0.29, 0.717) is 130 Å². The van der Waals surface area contributed by atoms with Gasteiger partial charge in [0, 0.05) is 89.7 Å². The number of halogens is 2. The van der Waals surface area contributed by atoms with Gasteiger partial charge in [0.15, 0.2) is 23.1 Å². The van der Waals surface area contributed by atoms with E-state index >= 15 is 0 Å². The highest BCUT2D eigenvalue weighted by Crippen LogP contribution is 2.50. The number of amides is 4. The Morgan fingerprint density at radius 3 is 0.697 bits per heavy atom. The Morgan fingerprint density at radius 1 is 0.295 bits per heavy atom. The number of nitrogens with zero attached hydrogens (tertiary/aromatic N) is 6. The first-order valence-electron chi connectivity index (χ1n) is 47.4. The van der Waals surface area contributed by atoms with E-state index in [1.54, 1.807) is 43.9 Å². The summed E-state index contributed by atoms with van der Waals surface area (Å²) in [4.78, 5) is 172. The molecule has 10 fully saturated rings. The summed E-state index contributed by atoms with van der Waals surface area (Å²) in [6.45, 7) is 5.70. The normalized spacial score (nSPS) is 24.9. The van der Waals surface area contributed by atoms with Crippen LogP contribution in [0.25, 0.3) is 0 Å². The zero-order valence-corrected chi connectivity index (χ0v) is 76.2. The van der Waals surface area contributed by atoms with Gasteiger partial charge in [0.2, 0.25) is 23.6 Å². The van der Waals surface area contributed by atoms with Gasteiger partial charge in [-0.25, -0.2) is 8.78 Å². The van der Waals surface area contributed by atoms with E-state index in [1.165, 1.54) is 52.7 Å². The Labute approximate surface area is 770 Å². The van der Waals surface area contributed by atoms with E-state index in [-0.39, 0.29) is 158 Å². The van der Waals surface area contributed by atoms with Crippen molar-refractivity contribution >= 4 is 82.0 Å². The molecule has 4 unspecified atom stereocenters. The second-order valence-corrected chi connectivity index (χ2v) is 37.3. The maximum atomic E-state index is 14.3. The van der Waals surface area contributed by atoms with Crippen molar-refractivity contribution < 1.29 is 104 Å². The number of likely N-dealkylation sites (tertiary alicyclic amines) is 4. The highest BCUT2D eigenvalue weighted by Gasteiger charge is 2.48. The van der Waals surface area contributed by atoms with Crippen molar-refractivity contribution in [3.05, 3.63) is 202 Å². The number of hydrogen-bond donors (Lipinski definition) is 0. The number of ether oxygens (including phenoxy) is 8. The molecule has 0 aliphatic carbocycles. The third-order valence-electron chi connectivity index (χ3n) is 29.5. The topological polar surface area (TPSA) is 298 Å². The van der Waals surface area contributed by atoms with Crippen molar-refractivity contribution in [1.82, 2.24) is 19.6 Å². The lowest BCUT2D eigenvalue weighted by atomic mass is 9.87. The number of ketones is 4. The van der Waals surface area contributed by atoms with Crippen LogP contribution in [0.15, 0.2) is 146 Å². The predicted octanol–water partition coefficient (Wildman–Crippen LogP) is 13.1. The molecular formula is C104H124F2N6O20. The molecule has 704 valence electrons. The zero-order chi connectivity index (χ0) is 92.6. The second-order valence-electron chi connectivity index (χ2n) is 37.3. The first kappa shape index (κ1) is 95.7. The van der Waals surface area contributed by atoms with Gasteiger partial charge in [-0.2, -0.15) is 0 Å². The van der Waals surface area contributed by atoms with Crippen LogP contribution in [0.3, 0.4) is 0 Å². The molecule has 6 aromatic rings. The molecule has 16 rings (SSSR count). The number of hydrogen-bond acceptors (Lipinski definition) is 22. The summed E-state index contributed by atoms with van der Waals surface area (Å²) in [6.07, 6.45) is 11.8. The van der Waals surface area contributed by atoms with Gasteiger partial charge in [0.05, 0.1) is 153 Å². The number of benzene rings is 6. The maximum Gasteiger partial charge on any atom is 0.306 e. The Hall–Kier alpha value is -10.9.